The fraction of sp³-hybridized carbons (Fsp3) is 0.333. The molecule has 2 rings (SSSR count). The molecule has 1 aliphatic rings. The lowest BCUT2D eigenvalue weighted by atomic mass is 10.2. The number of amides is 1. The monoisotopic (exact) mass is 162 g/mol. The van der Waals surface area contributed by atoms with Crippen molar-refractivity contribution >= 4 is 5.91 Å². The molecule has 0 bridgehead atoms. The minimum atomic E-state index is -0.203. The molecule has 1 aliphatic carbocycles. The Morgan fingerprint density at radius 2 is 2.42 bits per heavy atom. The molecular formula is C9H10N2O. The molecular weight excluding hydrogens is 152 g/mol. The van der Waals surface area contributed by atoms with Gasteiger partial charge in [-0.2, -0.15) is 0 Å². The minimum absolute atomic E-state index is 0.0277. The van der Waals surface area contributed by atoms with Crippen LogP contribution in [0.5, 0.6) is 0 Å². The van der Waals surface area contributed by atoms with E-state index < -0.39 is 0 Å². The molecule has 1 aromatic heterocycles. The lowest BCUT2D eigenvalue weighted by molar-refractivity contribution is -0.119. The zero-order chi connectivity index (χ0) is 8.55. The van der Waals surface area contributed by atoms with E-state index >= 15 is 0 Å². The molecule has 1 heterocycles. The Morgan fingerprint density at radius 1 is 1.58 bits per heavy atom. The van der Waals surface area contributed by atoms with E-state index in [0.29, 0.717) is 0 Å². The summed E-state index contributed by atoms with van der Waals surface area (Å²) in [5, 5.41) is 0. The van der Waals surface area contributed by atoms with Crippen LogP contribution >= 0.6 is 0 Å². The number of carbonyl (C=O) groups excluding carboxylic acids is 1. The van der Waals surface area contributed by atoms with E-state index in [-0.39, 0.29) is 17.7 Å². The number of nitrogens with two attached hydrogens (primary N) is 1. The van der Waals surface area contributed by atoms with Gasteiger partial charge in [-0.3, -0.25) is 9.78 Å². The molecule has 1 saturated carbocycles. The summed E-state index contributed by atoms with van der Waals surface area (Å²) in [7, 11) is 0. The van der Waals surface area contributed by atoms with Crippen molar-refractivity contribution in [1.82, 2.24) is 4.98 Å². The summed E-state index contributed by atoms with van der Waals surface area (Å²) in [6, 6.07) is 5.73. The fourth-order valence-corrected chi connectivity index (χ4v) is 1.43. The summed E-state index contributed by atoms with van der Waals surface area (Å²) in [5.41, 5.74) is 6.15. The van der Waals surface area contributed by atoms with Crippen LogP contribution in [0.2, 0.25) is 0 Å². The van der Waals surface area contributed by atoms with Gasteiger partial charge in [0.15, 0.2) is 0 Å². The number of carbonyl (C=O) groups is 1. The van der Waals surface area contributed by atoms with Crippen LogP contribution in [-0.2, 0) is 4.79 Å². The van der Waals surface area contributed by atoms with E-state index in [9.17, 15) is 4.79 Å². The molecule has 3 heteroatoms. The first-order valence-corrected chi connectivity index (χ1v) is 3.99. The molecule has 0 aromatic carbocycles. The van der Waals surface area contributed by atoms with E-state index in [4.69, 9.17) is 5.73 Å². The standard InChI is InChI=1S/C9H10N2O/c10-9(12)7-5-6(7)8-3-1-2-4-11-8/h1-4,6-7H,5H2,(H2,10,12). The van der Waals surface area contributed by atoms with Crippen molar-refractivity contribution in [3.05, 3.63) is 30.1 Å². The Balaban J connectivity index is 2.11. The van der Waals surface area contributed by atoms with E-state index in [1.54, 1.807) is 6.20 Å². The van der Waals surface area contributed by atoms with Gasteiger partial charge in [0.1, 0.15) is 0 Å². The molecule has 2 N–H and O–H groups in total. The lowest BCUT2D eigenvalue weighted by Gasteiger charge is -1.94. The zero-order valence-corrected chi connectivity index (χ0v) is 6.60. The van der Waals surface area contributed by atoms with Crippen LogP contribution in [0.15, 0.2) is 24.4 Å². The van der Waals surface area contributed by atoms with Crippen molar-refractivity contribution in [2.75, 3.05) is 0 Å². The van der Waals surface area contributed by atoms with Crippen molar-refractivity contribution in [1.29, 1.82) is 0 Å². The van der Waals surface area contributed by atoms with Gasteiger partial charge in [-0.1, -0.05) is 6.07 Å². The predicted molar refractivity (Wildman–Crippen MR) is 44.3 cm³/mol. The van der Waals surface area contributed by atoms with E-state index in [2.05, 4.69) is 4.98 Å². The van der Waals surface area contributed by atoms with Gasteiger partial charge in [0.25, 0.3) is 0 Å². The summed E-state index contributed by atoms with van der Waals surface area (Å²) in [6.45, 7) is 0. The molecule has 62 valence electrons. The van der Waals surface area contributed by atoms with Gasteiger partial charge in [0.05, 0.1) is 0 Å². The molecule has 0 aliphatic heterocycles. The quantitative estimate of drug-likeness (QED) is 0.694. The molecule has 2 unspecified atom stereocenters. The SMILES string of the molecule is NC(=O)C1CC1c1ccccn1. The number of primary amides is 1. The molecule has 12 heavy (non-hydrogen) atoms. The number of aromatic nitrogens is 1. The molecule has 1 aromatic rings. The Bertz CT molecular complexity index is 297. The molecule has 1 amide bonds. The maximum atomic E-state index is 10.7. The average molecular weight is 162 g/mol. The first-order valence-electron chi connectivity index (χ1n) is 3.99. The number of pyridine rings is 1. The molecule has 0 radical (unpaired) electrons. The highest BCUT2D eigenvalue weighted by molar-refractivity contribution is 5.80. The Hall–Kier alpha value is -1.38. The second-order valence-corrected chi connectivity index (χ2v) is 3.11. The topological polar surface area (TPSA) is 56.0 Å². The second-order valence-electron chi connectivity index (χ2n) is 3.11. The summed E-state index contributed by atoms with van der Waals surface area (Å²) < 4.78 is 0. The lowest BCUT2D eigenvalue weighted by Crippen LogP contribution is -2.13. The van der Waals surface area contributed by atoms with Crippen LogP contribution in [0.25, 0.3) is 0 Å². The van der Waals surface area contributed by atoms with Crippen LogP contribution in [-0.4, -0.2) is 10.9 Å². The highest BCUT2D eigenvalue weighted by atomic mass is 16.1. The maximum absolute atomic E-state index is 10.7. The third-order valence-electron chi connectivity index (χ3n) is 2.22. The molecule has 0 spiro atoms. The fourth-order valence-electron chi connectivity index (χ4n) is 1.43. The highest BCUT2D eigenvalue weighted by Crippen LogP contribution is 2.46. The van der Waals surface area contributed by atoms with E-state index in [1.165, 1.54) is 0 Å². The first kappa shape index (κ1) is 7.28. The molecule has 1 fully saturated rings. The Labute approximate surface area is 70.6 Å². The van der Waals surface area contributed by atoms with Gasteiger partial charge in [0, 0.05) is 23.7 Å². The second kappa shape index (κ2) is 2.59. The Morgan fingerprint density at radius 3 is 2.92 bits per heavy atom. The summed E-state index contributed by atoms with van der Waals surface area (Å²) in [6.07, 6.45) is 2.61. The van der Waals surface area contributed by atoms with Crippen LogP contribution in [0.4, 0.5) is 0 Å². The van der Waals surface area contributed by atoms with Gasteiger partial charge < -0.3 is 5.73 Å². The van der Waals surface area contributed by atoms with Crippen LogP contribution in [0, 0.1) is 5.92 Å². The smallest absolute Gasteiger partial charge is 0.221 e. The van der Waals surface area contributed by atoms with E-state index in [0.717, 1.165) is 12.1 Å². The predicted octanol–water partition coefficient (Wildman–Crippen LogP) is 0.670. The molecule has 2 atom stereocenters. The minimum Gasteiger partial charge on any atom is -0.369 e. The molecule has 0 saturated heterocycles. The van der Waals surface area contributed by atoms with Gasteiger partial charge in [-0.05, 0) is 18.6 Å². The van der Waals surface area contributed by atoms with Gasteiger partial charge >= 0.3 is 0 Å². The van der Waals surface area contributed by atoms with Crippen LogP contribution in [0.3, 0.4) is 0 Å². The van der Waals surface area contributed by atoms with Crippen molar-refractivity contribution in [3.63, 3.8) is 0 Å². The zero-order valence-electron chi connectivity index (χ0n) is 6.60. The average Bonchev–Trinajstić information content (AvgIpc) is 2.84. The van der Waals surface area contributed by atoms with Crippen molar-refractivity contribution in [2.24, 2.45) is 11.7 Å². The maximum Gasteiger partial charge on any atom is 0.221 e. The summed E-state index contributed by atoms with van der Waals surface area (Å²) >= 11 is 0. The Kier molecular flexibility index (Phi) is 1.57. The summed E-state index contributed by atoms with van der Waals surface area (Å²) in [5.74, 6) is 0.106. The molecule has 3 nitrogen and oxygen atoms in total. The van der Waals surface area contributed by atoms with Crippen molar-refractivity contribution < 1.29 is 4.79 Å². The summed E-state index contributed by atoms with van der Waals surface area (Å²) in [4.78, 5) is 14.9. The third-order valence-corrected chi connectivity index (χ3v) is 2.22. The van der Waals surface area contributed by atoms with Gasteiger partial charge in [-0.25, -0.2) is 0 Å². The van der Waals surface area contributed by atoms with Crippen molar-refractivity contribution in [2.45, 2.75) is 12.3 Å². The number of nitrogens with zero attached hydrogens (tertiary/aromatic N) is 1. The van der Waals surface area contributed by atoms with Gasteiger partial charge in [0.2, 0.25) is 5.91 Å². The van der Waals surface area contributed by atoms with E-state index in [1.807, 2.05) is 18.2 Å². The van der Waals surface area contributed by atoms with Crippen LogP contribution < -0.4 is 5.73 Å². The van der Waals surface area contributed by atoms with Gasteiger partial charge in [-0.15, -0.1) is 0 Å². The van der Waals surface area contributed by atoms with Crippen LogP contribution in [0.1, 0.15) is 18.0 Å². The normalized spacial score (nSPS) is 26.7. The van der Waals surface area contributed by atoms with Crippen molar-refractivity contribution in [3.8, 4) is 0 Å². The number of hydrogen-bond donors (Lipinski definition) is 1. The largest absolute Gasteiger partial charge is 0.369 e. The third kappa shape index (κ3) is 1.18. The number of rotatable bonds is 2. The highest BCUT2D eigenvalue weighted by Gasteiger charge is 2.43. The first-order chi connectivity index (χ1) is 5.79. The number of hydrogen-bond acceptors (Lipinski definition) is 2.